The first-order chi connectivity index (χ1) is 8.85. The van der Waals surface area contributed by atoms with Gasteiger partial charge >= 0.3 is 0 Å². The average Bonchev–Trinajstić information content (AvgIpc) is 3.24. The smallest absolute Gasteiger partial charge is 0.193 e. The summed E-state index contributed by atoms with van der Waals surface area (Å²) in [5.41, 5.74) is 4.31. The summed E-state index contributed by atoms with van der Waals surface area (Å²) in [5, 5.41) is 9.06. The lowest BCUT2D eigenvalue weighted by molar-refractivity contribution is 0.281. The quantitative estimate of drug-likeness (QED) is 0.803. The summed E-state index contributed by atoms with van der Waals surface area (Å²) >= 11 is 0. The third-order valence-corrected chi connectivity index (χ3v) is 2.57. The fraction of sp³-hybridized carbons (Fsp3) is 0.154. The molecule has 2 heterocycles. The van der Waals surface area contributed by atoms with Gasteiger partial charge in [0, 0.05) is 12.3 Å². The number of hydrogen-bond acceptors (Lipinski definition) is 5. The Bertz CT molecular complexity index is 555. The van der Waals surface area contributed by atoms with Crippen LogP contribution in [-0.2, 0) is 11.4 Å². The van der Waals surface area contributed by atoms with Crippen molar-refractivity contribution in [3.05, 3.63) is 53.9 Å². The van der Waals surface area contributed by atoms with E-state index in [1.165, 1.54) is 0 Å². The number of nitrogens with one attached hydrogen (secondary N) is 1. The van der Waals surface area contributed by atoms with Crippen LogP contribution < -0.4 is 10.2 Å². The van der Waals surface area contributed by atoms with Crippen LogP contribution in [0.25, 0.3) is 0 Å². The van der Waals surface area contributed by atoms with Gasteiger partial charge in [0.05, 0.1) is 12.3 Å². The lowest BCUT2D eigenvalue weighted by Crippen LogP contribution is -1.92. The van der Waals surface area contributed by atoms with Crippen molar-refractivity contribution < 1.29 is 14.7 Å². The first-order valence-electron chi connectivity index (χ1n) is 5.60. The summed E-state index contributed by atoms with van der Waals surface area (Å²) in [7, 11) is 0. The van der Waals surface area contributed by atoms with Gasteiger partial charge in [-0.15, -0.1) is 0 Å². The highest BCUT2D eigenvalue weighted by Gasteiger charge is 2.26. The van der Waals surface area contributed by atoms with E-state index in [4.69, 9.17) is 14.7 Å². The number of aliphatic hydroxyl groups excluding tert-OH is 1. The molecule has 1 aromatic carbocycles. The standard InChI is InChI=1S/C13H12N2O3/c16-8-9-2-1-3-10(6-9)17-11-4-5-14-12(7-11)13-15-18-13/h1-7,13,15-16H,8H2. The molecule has 5 nitrogen and oxygen atoms in total. The topological polar surface area (TPSA) is 76.8 Å². The molecule has 18 heavy (non-hydrogen) atoms. The van der Waals surface area contributed by atoms with Crippen molar-refractivity contribution in [3.63, 3.8) is 0 Å². The van der Waals surface area contributed by atoms with Crippen LogP contribution in [-0.4, -0.2) is 10.1 Å². The first-order valence-corrected chi connectivity index (χ1v) is 5.60. The van der Waals surface area contributed by atoms with Crippen molar-refractivity contribution in [2.45, 2.75) is 12.8 Å². The lowest BCUT2D eigenvalue weighted by atomic mass is 10.2. The van der Waals surface area contributed by atoms with E-state index in [0.717, 1.165) is 11.3 Å². The van der Waals surface area contributed by atoms with Crippen LogP contribution in [0.15, 0.2) is 42.6 Å². The Morgan fingerprint density at radius 2 is 2.11 bits per heavy atom. The molecule has 1 aromatic heterocycles. The number of hydroxylamine groups is 1. The zero-order valence-electron chi connectivity index (χ0n) is 9.54. The predicted octanol–water partition coefficient (Wildman–Crippen LogP) is 1.90. The zero-order valence-corrected chi connectivity index (χ0v) is 9.54. The predicted molar refractivity (Wildman–Crippen MR) is 63.6 cm³/mol. The maximum absolute atomic E-state index is 9.06. The van der Waals surface area contributed by atoms with Crippen LogP contribution >= 0.6 is 0 Å². The van der Waals surface area contributed by atoms with Crippen molar-refractivity contribution in [1.29, 1.82) is 0 Å². The van der Waals surface area contributed by atoms with Crippen LogP contribution in [0.3, 0.4) is 0 Å². The molecule has 2 aromatic rings. The molecule has 1 aliphatic heterocycles. The van der Waals surface area contributed by atoms with Crippen molar-refractivity contribution in [1.82, 2.24) is 10.5 Å². The van der Waals surface area contributed by atoms with Gasteiger partial charge in [0.2, 0.25) is 0 Å². The van der Waals surface area contributed by atoms with Gasteiger partial charge in [0.15, 0.2) is 6.23 Å². The zero-order chi connectivity index (χ0) is 12.4. The van der Waals surface area contributed by atoms with Crippen molar-refractivity contribution in [2.75, 3.05) is 0 Å². The highest BCUT2D eigenvalue weighted by Crippen LogP contribution is 2.27. The van der Waals surface area contributed by atoms with Crippen LogP contribution in [0.4, 0.5) is 0 Å². The molecular weight excluding hydrogens is 232 g/mol. The van der Waals surface area contributed by atoms with E-state index in [1.54, 1.807) is 18.3 Å². The van der Waals surface area contributed by atoms with E-state index in [2.05, 4.69) is 10.5 Å². The second-order valence-corrected chi connectivity index (χ2v) is 3.94. The molecule has 0 amide bonds. The van der Waals surface area contributed by atoms with Gasteiger partial charge in [-0.3, -0.25) is 9.82 Å². The number of hydrogen-bond donors (Lipinski definition) is 2. The number of benzene rings is 1. The highest BCUT2D eigenvalue weighted by molar-refractivity contribution is 5.34. The number of aliphatic hydroxyl groups is 1. The largest absolute Gasteiger partial charge is 0.457 e. The van der Waals surface area contributed by atoms with Gasteiger partial charge in [-0.2, -0.15) is 5.48 Å². The Balaban J connectivity index is 1.80. The molecule has 1 unspecified atom stereocenters. The minimum atomic E-state index is -0.127. The molecule has 3 rings (SSSR count). The van der Waals surface area contributed by atoms with Gasteiger partial charge in [0.25, 0.3) is 0 Å². The second kappa shape index (κ2) is 4.73. The van der Waals surface area contributed by atoms with E-state index in [9.17, 15) is 0 Å². The Hall–Kier alpha value is -1.95. The number of pyridine rings is 1. The van der Waals surface area contributed by atoms with E-state index >= 15 is 0 Å². The number of rotatable bonds is 4. The number of nitrogens with zero attached hydrogens (tertiary/aromatic N) is 1. The van der Waals surface area contributed by atoms with Crippen LogP contribution in [0.5, 0.6) is 11.5 Å². The molecular formula is C13H12N2O3. The Morgan fingerprint density at radius 1 is 1.28 bits per heavy atom. The molecule has 1 aliphatic rings. The maximum atomic E-state index is 9.06. The maximum Gasteiger partial charge on any atom is 0.193 e. The van der Waals surface area contributed by atoms with E-state index in [0.29, 0.717) is 11.5 Å². The summed E-state index contributed by atoms with van der Waals surface area (Å²) in [4.78, 5) is 9.10. The summed E-state index contributed by atoms with van der Waals surface area (Å²) in [5.74, 6) is 1.37. The fourth-order valence-corrected chi connectivity index (χ4v) is 1.63. The minimum Gasteiger partial charge on any atom is -0.457 e. The Labute approximate surface area is 104 Å². The molecule has 92 valence electrons. The molecule has 0 bridgehead atoms. The van der Waals surface area contributed by atoms with E-state index < -0.39 is 0 Å². The van der Waals surface area contributed by atoms with Crippen LogP contribution in [0, 0.1) is 0 Å². The second-order valence-electron chi connectivity index (χ2n) is 3.94. The molecule has 1 atom stereocenters. The summed E-state index contributed by atoms with van der Waals surface area (Å²) in [6.07, 6.45) is 1.54. The Morgan fingerprint density at radius 3 is 2.89 bits per heavy atom. The molecule has 5 heteroatoms. The molecule has 0 radical (unpaired) electrons. The molecule has 1 fully saturated rings. The van der Waals surface area contributed by atoms with Crippen LogP contribution in [0.2, 0.25) is 0 Å². The summed E-state index contributed by atoms with van der Waals surface area (Å²) < 4.78 is 5.70. The monoisotopic (exact) mass is 244 g/mol. The van der Waals surface area contributed by atoms with Gasteiger partial charge in [-0.05, 0) is 23.8 Å². The lowest BCUT2D eigenvalue weighted by Gasteiger charge is -2.07. The normalized spacial score (nSPS) is 17.5. The van der Waals surface area contributed by atoms with E-state index in [-0.39, 0.29) is 12.8 Å². The number of ether oxygens (including phenoxy) is 1. The fourth-order valence-electron chi connectivity index (χ4n) is 1.63. The van der Waals surface area contributed by atoms with Gasteiger partial charge in [-0.25, -0.2) is 0 Å². The van der Waals surface area contributed by atoms with Gasteiger partial charge in [0.1, 0.15) is 11.5 Å². The molecule has 1 saturated heterocycles. The van der Waals surface area contributed by atoms with Crippen molar-refractivity contribution in [2.24, 2.45) is 0 Å². The van der Waals surface area contributed by atoms with Crippen LogP contribution in [0.1, 0.15) is 17.5 Å². The van der Waals surface area contributed by atoms with Crippen molar-refractivity contribution >= 4 is 0 Å². The minimum absolute atomic E-state index is 0.00136. The third kappa shape index (κ3) is 2.48. The SMILES string of the molecule is OCc1cccc(Oc2ccnc(C3NO3)c2)c1. The average molecular weight is 244 g/mol. The highest BCUT2D eigenvalue weighted by atomic mass is 16.8. The Kier molecular flexibility index (Phi) is 2.93. The molecule has 2 N–H and O–H groups in total. The molecule has 0 spiro atoms. The molecule has 0 aliphatic carbocycles. The van der Waals surface area contributed by atoms with Gasteiger partial charge < -0.3 is 9.84 Å². The molecule has 0 saturated carbocycles. The first kappa shape index (κ1) is 11.2. The number of aromatic nitrogens is 1. The summed E-state index contributed by atoms with van der Waals surface area (Å²) in [6.45, 7) is -0.00136. The van der Waals surface area contributed by atoms with E-state index in [1.807, 2.05) is 24.3 Å². The van der Waals surface area contributed by atoms with Gasteiger partial charge in [-0.1, -0.05) is 12.1 Å². The van der Waals surface area contributed by atoms with Crippen molar-refractivity contribution in [3.8, 4) is 11.5 Å². The third-order valence-electron chi connectivity index (χ3n) is 2.57. The summed E-state index contributed by atoms with van der Waals surface area (Å²) in [6, 6.07) is 10.9.